The topological polar surface area (TPSA) is 24.1 Å². The molecule has 0 aromatic rings. The average Bonchev–Trinajstić information content (AvgIpc) is 1.89. The lowest BCUT2D eigenvalue weighted by molar-refractivity contribution is 0.988. The van der Waals surface area contributed by atoms with Gasteiger partial charge in [-0.05, 0) is 19.1 Å². The van der Waals surface area contributed by atoms with Crippen LogP contribution in [0.2, 0.25) is 0 Å². The number of thiocarbonyl (C=S) groups is 1. The summed E-state index contributed by atoms with van der Waals surface area (Å²) in [6.07, 6.45) is 3.98. The van der Waals surface area contributed by atoms with Gasteiger partial charge in [0.2, 0.25) is 0 Å². The molecule has 0 rings (SSSR count). The van der Waals surface area contributed by atoms with Crippen molar-refractivity contribution < 1.29 is 0 Å². The normalized spacial score (nSPS) is 9.56. The molecule has 0 spiro atoms. The largest absolute Gasteiger partial charge is 0.366 e. The van der Waals surface area contributed by atoms with Crippen molar-refractivity contribution in [2.24, 2.45) is 0 Å². The number of allylic oxidation sites excluding steroid dienone is 1. The Labute approximate surface area is 61.3 Å². The lowest BCUT2D eigenvalue weighted by Crippen LogP contribution is -2.32. The zero-order valence-corrected chi connectivity index (χ0v) is 6.59. The van der Waals surface area contributed by atoms with Gasteiger partial charge in [-0.25, -0.2) is 0 Å². The van der Waals surface area contributed by atoms with E-state index in [1.165, 1.54) is 0 Å². The molecule has 2 N–H and O–H groups in total. The van der Waals surface area contributed by atoms with Crippen molar-refractivity contribution in [1.29, 1.82) is 0 Å². The van der Waals surface area contributed by atoms with E-state index in [9.17, 15) is 0 Å². The Morgan fingerprint density at radius 3 is 2.78 bits per heavy atom. The predicted molar refractivity (Wildman–Crippen MR) is 44.5 cm³/mol. The average molecular weight is 144 g/mol. The van der Waals surface area contributed by atoms with E-state index >= 15 is 0 Å². The first-order valence-corrected chi connectivity index (χ1v) is 3.28. The molecule has 9 heavy (non-hydrogen) atoms. The molecule has 0 saturated heterocycles. The number of nitrogens with one attached hydrogen (secondary N) is 2. The SMILES string of the molecule is CC=CCNC(=S)NC. The van der Waals surface area contributed by atoms with Gasteiger partial charge in [-0.15, -0.1) is 0 Å². The third kappa shape index (κ3) is 5.30. The predicted octanol–water partition coefficient (Wildman–Crippen LogP) is 0.656. The minimum Gasteiger partial charge on any atom is -0.366 e. The van der Waals surface area contributed by atoms with Gasteiger partial charge in [0.1, 0.15) is 0 Å². The highest BCUT2D eigenvalue weighted by molar-refractivity contribution is 7.80. The highest BCUT2D eigenvalue weighted by atomic mass is 32.1. The van der Waals surface area contributed by atoms with Crippen molar-refractivity contribution in [3.05, 3.63) is 12.2 Å². The Hall–Kier alpha value is -0.570. The van der Waals surface area contributed by atoms with Gasteiger partial charge in [0.15, 0.2) is 5.11 Å². The van der Waals surface area contributed by atoms with Gasteiger partial charge in [0.05, 0.1) is 0 Å². The van der Waals surface area contributed by atoms with Crippen LogP contribution in [-0.4, -0.2) is 18.7 Å². The molecular formula is C6H12N2S. The molecule has 0 heterocycles. The van der Waals surface area contributed by atoms with Crippen molar-refractivity contribution in [2.75, 3.05) is 13.6 Å². The van der Waals surface area contributed by atoms with E-state index in [2.05, 4.69) is 10.6 Å². The van der Waals surface area contributed by atoms with Crippen molar-refractivity contribution in [3.8, 4) is 0 Å². The molecule has 0 atom stereocenters. The lowest BCUT2D eigenvalue weighted by Gasteiger charge is -2.01. The van der Waals surface area contributed by atoms with Crippen LogP contribution in [0.4, 0.5) is 0 Å². The Morgan fingerprint density at radius 1 is 1.67 bits per heavy atom. The molecule has 0 aliphatic heterocycles. The van der Waals surface area contributed by atoms with Gasteiger partial charge in [0.25, 0.3) is 0 Å². The first kappa shape index (κ1) is 8.43. The summed E-state index contributed by atoms with van der Waals surface area (Å²) in [5, 5.41) is 6.47. The van der Waals surface area contributed by atoms with Gasteiger partial charge < -0.3 is 10.6 Å². The molecule has 0 fully saturated rings. The standard InChI is InChI=1S/C6H12N2S/c1-3-4-5-8-6(9)7-2/h3-4H,5H2,1-2H3,(H2,7,8,9). The Balaban J connectivity index is 3.17. The Bertz CT molecular complexity index is 110. The molecule has 52 valence electrons. The summed E-state index contributed by atoms with van der Waals surface area (Å²) >= 11 is 4.81. The minimum atomic E-state index is 0.688. The lowest BCUT2D eigenvalue weighted by atomic mass is 10.5. The monoisotopic (exact) mass is 144 g/mol. The maximum atomic E-state index is 4.81. The van der Waals surface area contributed by atoms with E-state index < -0.39 is 0 Å². The van der Waals surface area contributed by atoms with Crippen LogP contribution in [0.5, 0.6) is 0 Å². The van der Waals surface area contributed by atoms with Gasteiger partial charge in [-0.3, -0.25) is 0 Å². The highest BCUT2D eigenvalue weighted by Crippen LogP contribution is 1.67. The fraction of sp³-hybridized carbons (Fsp3) is 0.500. The van der Waals surface area contributed by atoms with Crippen LogP contribution in [0.1, 0.15) is 6.92 Å². The smallest absolute Gasteiger partial charge is 0.166 e. The highest BCUT2D eigenvalue weighted by Gasteiger charge is 1.82. The minimum absolute atomic E-state index is 0.688. The summed E-state index contributed by atoms with van der Waals surface area (Å²) in [6.45, 7) is 2.78. The molecule has 0 radical (unpaired) electrons. The quantitative estimate of drug-likeness (QED) is 0.440. The maximum Gasteiger partial charge on any atom is 0.166 e. The fourth-order valence-corrected chi connectivity index (χ4v) is 0.441. The third-order valence-electron chi connectivity index (χ3n) is 0.843. The summed E-state index contributed by atoms with van der Waals surface area (Å²) in [4.78, 5) is 0. The maximum absolute atomic E-state index is 4.81. The van der Waals surface area contributed by atoms with Crippen LogP contribution in [0.3, 0.4) is 0 Å². The second-order valence-electron chi connectivity index (χ2n) is 1.53. The molecule has 0 amide bonds. The van der Waals surface area contributed by atoms with Gasteiger partial charge in [-0.1, -0.05) is 12.2 Å². The van der Waals surface area contributed by atoms with E-state index in [-0.39, 0.29) is 0 Å². The van der Waals surface area contributed by atoms with Crippen molar-refractivity contribution >= 4 is 17.3 Å². The van der Waals surface area contributed by atoms with Crippen molar-refractivity contribution in [3.63, 3.8) is 0 Å². The molecule has 0 aromatic heterocycles. The molecule has 0 saturated carbocycles. The molecule has 0 unspecified atom stereocenters. The van der Waals surface area contributed by atoms with Crippen molar-refractivity contribution in [1.82, 2.24) is 10.6 Å². The summed E-state index contributed by atoms with van der Waals surface area (Å²) in [7, 11) is 1.80. The van der Waals surface area contributed by atoms with E-state index in [4.69, 9.17) is 12.2 Å². The van der Waals surface area contributed by atoms with Gasteiger partial charge >= 0.3 is 0 Å². The van der Waals surface area contributed by atoms with Crippen LogP contribution in [-0.2, 0) is 0 Å². The van der Waals surface area contributed by atoms with Crippen LogP contribution >= 0.6 is 12.2 Å². The molecule has 0 aliphatic carbocycles. The van der Waals surface area contributed by atoms with Gasteiger partial charge in [0, 0.05) is 13.6 Å². The summed E-state index contributed by atoms with van der Waals surface area (Å²) < 4.78 is 0. The molecule has 3 heteroatoms. The van der Waals surface area contributed by atoms with Crippen LogP contribution in [0.25, 0.3) is 0 Å². The number of hydrogen-bond acceptors (Lipinski definition) is 1. The first-order valence-electron chi connectivity index (χ1n) is 2.88. The van der Waals surface area contributed by atoms with Gasteiger partial charge in [-0.2, -0.15) is 0 Å². The zero-order chi connectivity index (χ0) is 7.11. The van der Waals surface area contributed by atoms with E-state index in [1.54, 1.807) is 7.05 Å². The molecule has 0 bridgehead atoms. The van der Waals surface area contributed by atoms with Crippen LogP contribution in [0, 0.1) is 0 Å². The second kappa shape index (κ2) is 5.56. The molecule has 0 aliphatic rings. The van der Waals surface area contributed by atoms with Crippen molar-refractivity contribution in [2.45, 2.75) is 6.92 Å². The second-order valence-corrected chi connectivity index (χ2v) is 1.94. The molecule has 2 nitrogen and oxygen atoms in total. The van der Waals surface area contributed by atoms with E-state index in [0.29, 0.717) is 5.11 Å². The molecule has 0 aromatic carbocycles. The number of hydrogen-bond donors (Lipinski definition) is 2. The van der Waals surface area contributed by atoms with Crippen LogP contribution in [0.15, 0.2) is 12.2 Å². The Morgan fingerprint density at radius 2 is 2.33 bits per heavy atom. The van der Waals surface area contributed by atoms with Crippen LogP contribution < -0.4 is 10.6 Å². The number of rotatable bonds is 2. The summed E-state index contributed by atoms with van der Waals surface area (Å²) in [5.74, 6) is 0. The first-order chi connectivity index (χ1) is 4.31. The zero-order valence-electron chi connectivity index (χ0n) is 5.77. The molecular weight excluding hydrogens is 132 g/mol. The summed E-state index contributed by atoms with van der Waals surface area (Å²) in [5.41, 5.74) is 0. The van der Waals surface area contributed by atoms with E-state index in [1.807, 2.05) is 19.1 Å². The summed E-state index contributed by atoms with van der Waals surface area (Å²) in [6, 6.07) is 0. The van der Waals surface area contributed by atoms with E-state index in [0.717, 1.165) is 6.54 Å². The fourth-order valence-electron chi connectivity index (χ4n) is 0.358. The third-order valence-corrected chi connectivity index (χ3v) is 1.19. The Kier molecular flexibility index (Phi) is 5.21.